The Labute approximate surface area is 98.0 Å². The summed E-state index contributed by atoms with van der Waals surface area (Å²) in [4.78, 5) is 1.16. The maximum Gasteiger partial charge on any atom is 0.213 e. The number of tetrazole rings is 1. The van der Waals surface area contributed by atoms with Crippen molar-refractivity contribution in [3.63, 3.8) is 0 Å². The summed E-state index contributed by atoms with van der Waals surface area (Å²) in [5.74, 6) is 0. The Morgan fingerprint density at radius 1 is 1.38 bits per heavy atom. The van der Waals surface area contributed by atoms with Crippen LogP contribution >= 0.6 is 11.8 Å². The lowest BCUT2D eigenvalue weighted by Crippen LogP contribution is -2.03. The SMILES string of the molecule is Cn1nnnc1Sc1ccccc1CCN. The second-order valence-electron chi connectivity index (χ2n) is 3.33. The summed E-state index contributed by atoms with van der Waals surface area (Å²) < 4.78 is 1.66. The van der Waals surface area contributed by atoms with E-state index in [0.717, 1.165) is 16.5 Å². The van der Waals surface area contributed by atoms with Gasteiger partial charge in [0, 0.05) is 11.9 Å². The van der Waals surface area contributed by atoms with Gasteiger partial charge in [0.1, 0.15) is 0 Å². The Balaban J connectivity index is 2.24. The van der Waals surface area contributed by atoms with Crippen LogP contribution in [0.5, 0.6) is 0 Å². The predicted molar refractivity (Wildman–Crippen MR) is 62.1 cm³/mol. The summed E-state index contributed by atoms with van der Waals surface area (Å²) >= 11 is 1.56. The minimum atomic E-state index is 0.647. The van der Waals surface area contributed by atoms with E-state index in [4.69, 9.17) is 5.73 Å². The van der Waals surface area contributed by atoms with Crippen LogP contribution in [0.1, 0.15) is 5.56 Å². The zero-order chi connectivity index (χ0) is 11.4. The van der Waals surface area contributed by atoms with Crippen molar-refractivity contribution in [1.29, 1.82) is 0 Å². The van der Waals surface area contributed by atoms with Crippen LogP contribution in [0, 0.1) is 0 Å². The highest BCUT2D eigenvalue weighted by Crippen LogP contribution is 2.28. The van der Waals surface area contributed by atoms with Gasteiger partial charge < -0.3 is 5.73 Å². The second kappa shape index (κ2) is 5.09. The van der Waals surface area contributed by atoms with Gasteiger partial charge in [0.05, 0.1) is 0 Å². The van der Waals surface area contributed by atoms with E-state index in [1.54, 1.807) is 16.4 Å². The van der Waals surface area contributed by atoms with Crippen molar-refractivity contribution < 1.29 is 0 Å². The van der Waals surface area contributed by atoms with Gasteiger partial charge in [0.25, 0.3) is 0 Å². The van der Waals surface area contributed by atoms with E-state index >= 15 is 0 Å². The van der Waals surface area contributed by atoms with Gasteiger partial charge in [0.2, 0.25) is 5.16 Å². The van der Waals surface area contributed by atoms with Crippen molar-refractivity contribution in [2.75, 3.05) is 6.54 Å². The Morgan fingerprint density at radius 2 is 2.19 bits per heavy atom. The maximum atomic E-state index is 5.58. The third-order valence-electron chi connectivity index (χ3n) is 2.17. The van der Waals surface area contributed by atoms with Crippen LogP contribution in [0.3, 0.4) is 0 Å². The van der Waals surface area contributed by atoms with Gasteiger partial charge in [-0.05, 0) is 46.8 Å². The molecule has 84 valence electrons. The van der Waals surface area contributed by atoms with Gasteiger partial charge in [-0.2, -0.15) is 0 Å². The highest BCUT2D eigenvalue weighted by atomic mass is 32.2. The average Bonchev–Trinajstić information content (AvgIpc) is 2.68. The van der Waals surface area contributed by atoms with Crippen LogP contribution in [0.4, 0.5) is 0 Å². The second-order valence-corrected chi connectivity index (χ2v) is 4.34. The number of nitrogens with zero attached hydrogens (tertiary/aromatic N) is 4. The highest BCUT2D eigenvalue weighted by molar-refractivity contribution is 7.99. The summed E-state index contributed by atoms with van der Waals surface area (Å²) in [6, 6.07) is 8.17. The molecule has 2 aromatic rings. The molecule has 1 aromatic heterocycles. The molecule has 0 radical (unpaired) electrons. The minimum Gasteiger partial charge on any atom is -0.330 e. The normalized spacial score (nSPS) is 10.6. The van der Waals surface area contributed by atoms with E-state index in [1.807, 2.05) is 19.2 Å². The third-order valence-corrected chi connectivity index (χ3v) is 3.32. The van der Waals surface area contributed by atoms with E-state index in [1.165, 1.54) is 5.56 Å². The molecule has 0 aliphatic heterocycles. The first-order valence-electron chi connectivity index (χ1n) is 4.99. The van der Waals surface area contributed by atoms with Gasteiger partial charge in [-0.25, -0.2) is 4.68 Å². The fraction of sp³-hybridized carbons (Fsp3) is 0.300. The number of rotatable bonds is 4. The maximum absolute atomic E-state index is 5.58. The molecule has 0 saturated carbocycles. The molecular formula is C10H13N5S. The van der Waals surface area contributed by atoms with E-state index in [2.05, 4.69) is 27.7 Å². The zero-order valence-corrected chi connectivity index (χ0v) is 9.81. The summed E-state index contributed by atoms with van der Waals surface area (Å²) in [5, 5.41) is 12.1. The molecule has 6 heteroatoms. The zero-order valence-electron chi connectivity index (χ0n) is 9.00. The minimum absolute atomic E-state index is 0.647. The molecule has 0 unspecified atom stereocenters. The van der Waals surface area contributed by atoms with Crippen LogP contribution in [0.2, 0.25) is 0 Å². The first kappa shape index (κ1) is 11.1. The quantitative estimate of drug-likeness (QED) is 0.851. The molecule has 1 heterocycles. The molecule has 5 nitrogen and oxygen atoms in total. The van der Waals surface area contributed by atoms with E-state index in [-0.39, 0.29) is 0 Å². The Kier molecular flexibility index (Phi) is 3.53. The highest BCUT2D eigenvalue weighted by Gasteiger charge is 2.07. The molecule has 0 fully saturated rings. The number of hydrogen-bond donors (Lipinski definition) is 1. The number of aryl methyl sites for hydroxylation is 1. The van der Waals surface area contributed by atoms with Gasteiger partial charge >= 0.3 is 0 Å². The predicted octanol–water partition coefficient (Wildman–Crippen LogP) is 0.862. The molecule has 0 amide bonds. The molecule has 2 rings (SSSR count). The standard InChI is InChI=1S/C10H13N5S/c1-15-10(12-13-14-15)16-9-5-3-2-4-8(9)6-7-11/h2-5H,6-7,11H2,1H3. The van der Waals surface area contributed by atoms with Gasteiger partial charge in [-0.15, -0.1) is 5.10 Å². The molecule has 0 atom stereocenters. The first-order chi connectivity index (χ1) is 7.81. The summed E-state index contributed by atoms with van der Waals surface area (Å²) in [5.41, 5.74) is 6.81. The fourth-order valence-electron chi connectivity index (χ4n) is 1.37. The average molecular weight is 235 g/mol. The molecule has 16 heavy (non-hydrogen) atoms. The Bertz CT molecular complexity index is 468. The molecule has 0 spiro atoms. The molecule has 2 N–H and O–H groups in total. The third kappa shape index (κ3) is 2.40. The number of hydrogen-bond acceptors (Lipinski definition) is 5. The number of nitrogens with two attached hydrogens (primary N) is 1. The largest absolute Gasteiger partial charge is 0.330 e. The smallest absolute Gasteiger partial charge is 0.213 e. The molecule has 1 aromatic carbocycles. The lowest BCUT2D eigenvalue weighted by Gasteiger charge is -2.06. The van der Waals surface area contributed by atoms with Crippen LogP contribution in [0.15, 0.2) is 34.3 Å². The Morgan fingerprint density at radius 3 is 2.88 bits per heavy atom. The molecule has 0 aliphatic rings. The lowest BCUT2D eigenvalue weighted by molar-refractivity contribution is 0.664. The van der Waals surface area contributed by atoms with Gasteiger partial charge in [-0.3, -0.25) is 0 Å². The molecule has 0 aliphatic carbocycles. The summed E-state index contributed by atoms with van der Waals surface area (Å²) in [7, 11) is 1.83. The molecular weight excluding hydrogens is 222 g/mol. The first-order valence-corrected chi connectivity index (χ1v) is 5.81. The number of benzene rings is 1. The van der Waals surface area contributed by atoms with E-state index in [0.29, 0.717) is 6.54 Å². The topological polar surface area (TPSA) is 69.6 Å². The summed E-state index contributed by atoms with van der Waals surface area (Å²) in [6.45, 7) is 0.647. The van der Waals surface area contributed by atoms with Crippen molar-refractivity contribution in [2.24, 2.45) is 12.8 Å². The van der Waals surface area contributed by atoms with Crippen LogP contribution < -0.4 is 5.73 Å². The Hall–Kier alpha value is -1.40. The van der Waals surface area contributed by atoms with Crippen molar-refractivity contribution in [2.45, 2.75) is 16.5 Å². The van der Waals surface area contributed by atoms with Crippen molar-refractivity contribution in [1.82, 2.24) is 20.2 Å². The van der Waals surface area contributed by atoms with Crippen molar-refractivity contribution in [3.8, 4) is 0 Å². The monoisotopic (exact) mass is 235 g/mol. The van der Waals surface area contributed by atoms with Crippen molar-refractivity contribution in [3.05, 3.63) is 29.8 Å². The van der Waals surface area contributed by atoms with Crippen LogP contribution in [-0.4, -0.2) is 26.8 Å². The van der Waals surface area contributed by atoms with Crippen LogP contribution in [0.25, 0.3) is 0 Å². The van der Waals surface area contributed by atoms with E-state index in [9.17, 15) is 0 Å². The molecule has 0 saturated heterocycles. The van der Waals surface area contributed by atoms with E-state index < -0.39 is 0 Å². The number of aromatic nitrogens is 4. The van der Waals surface area contributed by atoms with Gasteiger partial charge in [0.15, 0.2) is 0 Å². The van der Waals surface area contributed by atoms with Gasteiger partial charge in [-0.1, -0.05) is 18.2 Å². The lowest BCUT2D eigenvalue weighted by atomic mass is 10.1. The van der Waals surface area contributed by atoms with Crippen LogP contribution in [-0.2, 0) is 13.5 Å². The fourth-order valence-corrected chi connectivity index (χ4v) is 2.26. The summed E-state index contributed by atoms with van der Waals surface area (Å²) in [6.07, 6.45) is 0.869. The molecule has 0 bridgehead atoms. The van der Waals surface area contributed by atoms with Crippen molar-refractivity contribution >= 4 is 11.8 Å².